The van der Waals surface area contributed by atoms with Gasteiger partial charge in [-0.2, -0.15) is 4.31 Å². The van der Waals surface area contributed by atoms with E-state index >= 15 is 0 Å². The minimum atomic E-state index is -3.43. The Labute approximate surface area is 119 Å². The molecule has 1 aliphatic carbocycles. The van der Waals surface area contributed by atoms with Gasteiger partial charge in [-0.15, -0.1) is 0 Å². The molecule has 0 bridgehead atoms. The molecule has 0 atom stereocenters. The van der Waals surface area contributed by atoms with Crippen molar-refractivity contribution in [1.29, 1.82) is 0 Å². The average molecular weight is 296 g/mol. The van der Waals surface area contributed by atoms with Crippen LogP contribution < -0.4 is 0 Å². The first-order valence-electron chi connectivity index (χ1n) is 7.05. The summed E-state index contributed by atoms with van der Waals surface area (Å²) in [6.45, 7) is 2.62. The number of piperazine rings is 1. The van der Waals surface area contributed by atoms with Gasteiger partial charge in [-0.3, -0.25) is 4.90 Å². The molecule has 0 radical (unpaired) electrons. The molecular weight excluding hydrogens is 276 g/mol. The van der Waals surface area contributed by atoms with Gasteiger partial charge in [0.25, 0.3) is 0 Å². The lowest BCUT2D eigenvalue weighted by Gasteiger charge is -2.34. The number of nitrogens with zero attached hydrogens (tertiary/aromatic N) is 2. The van der Waals surface area contributed by atoms with E-state index in [4.69, 9.17) is 5.11 Å². The third kappa shape index (κ3) is 2.74. The van der Waals surface area contributed by atoms with Crippen molar-refractivity contribution in [3.63, 3.8) is 0 Å². The van der Waals surface area contributed by atoms with Crippen LogP contribution in [0.15, 0.2) is 29.2 Å². The molecule has 0 spiro atoms. The summed E-state index contributed by atoms with van der Waals surface area (Å²) in [5.41, 5.74) is 0.627. The monoisotopic (exact) mass is 296 g/mol. The van der Waals surface area contributed by atoms with E-state index in [-0.39, 0.29) is 11.5 Å². The van der Waals surface area contributed by atoms with Crippen molar-refractivity contribution in [2.45, 2.75) is 30.4 Å². The van der Waals surface area contributed by atoms with Gasteiger partial charge in [0.15, 0.2) is 0 Å². The fourth-order valence-electron chi connectivity index (χ4n) is 2.70. The fraction of sp³-hybridized carbons (Fsp3) is 0.571. The largest absolute Gasteiger partial charge is 0.392 e. The van der Waals surface area contributed by atoms with E-state index in [1.807, 2.05) is 0 Å². The summed E-state index contributed by atoms with van der Waals surface area (Å²) in [6.07, 6.45) is 2.51. The van der Waals surface area contributed by atoms with E-state index in [2.05, 4.69) is 4.90 Å². The van der Waals surface area contributed by atoms with Gasteiger partial charge >= 0.3 is 0 Å². The van der Waals surface area contributed by atoms with Crippen molar-refractivity contribution in [3.05, 3.63) is 29.8 Å². The zero-order valence-corrected chi connectivity index (χ0v) is 12.2. The quantitative estimate of drug-likeness (QED) is 0.886. The van der Waals surface area contributed by atoms with Crippen LogP contribution in [0.4, 0.5) is 0 Å². The highest BCUT2D eigenvalue weighted by molar-refractivity contribution is 7.89. The maximum atomic E-state index is 12.6. The van der Waals surface area contributed by atoms with Gasteiger partial charge in [0.05, 0.1) is 11.5 Å². The number of hydrogen-bond donors (Lipinski definition) is 1. The summed E-state index contributed by atoms with van der Waals surface area (Å²) in [4.78, 5) is 2.67. The van der Waals surface area contributed by atoms with Crippen molar-refractivity contribution in [2.75, 3.05) is 26.2 Å². The van der Waals surface area contributed by atoms with E-state index in [9.17, 15) is 8.42 Å². The van der Waals surface area contributed by atoms with E-state index < -0.39 is 10.0 Å². The van der Waals surface area contributed by atoms with Crippen LogP contribution in [0, 0.1) is 0 Å². The average Bonchev–Trinajstić information content (AvgIpc) is 3.32. The molecule has 1 heterocycles. The van der Waals surface area contributed by atoms with Gasteiger partial charge in [0.1, 0.15) is 0 Å². The predicted molar refractivity (Wildman–Crippen MR) is 75.7 cm³/mol. The molecule has 0 aromatic heterocycles. The molecule has 1 aliphatic heterocycles. The lowest BCUT2D eigenvalue weighted by Crippen LogP contribution is -2.49. The molecule has 1 aromatic carbocycles. The number of hydrogen-bond acceptors (Lipinski definition) is 4. The molecule has 2 aliphatic rings. The fourth-order valence-corrected chi connectivity index (χ4v) is 4.20. The zero-order valence-electron chi connectivity index (χ0n) is 11.4. The first-order valence-corrected chi connectivity index (χ1v) is 8.49. The Morgan fingerprint density at radius 2 is 1.85 bits per heavy atom. The van der Waals surface area contributed by atoms with Gasteiger partial charge in [0.2, 0.25) is 10.0 Å². The summed E-state index contributed by atoms with van der Waals surface area (Å²) in [6, 6.07) is 7.25. The van der Waals surface area contributed by atoms with Gasteiger partial charge in [0, 0.05) is 32.2 Å². The molecule has 2 fully saturated rings. The van der Waals surface area contributed by atoms with Crippen LogP contribution in [0.1, 0.15) is 18.4 Å². The minimum Gasteiger partial charge on any atom is -0.392 e. The van der Waals surface area contributed by atoms with Crippen LogP contribution in [-0.4, -0.2) is 55.0 Å². The summed E-state index contributed by atoms with van der Waals surface area (Å²) >= 11 is 0. The van der Waals surface area contributed by atoms with Crippen LogP contribution in [0.3, 0.4) is 0 Å². The topological polar surface area (TPSA) is 60.9 Å². The molecule has 1 aromatic rings. The normalized spacial score (nSPS) is 22.1. The smallest absolute Gasteiger partial charge is 0.243 e. The maximum Gasteiger partial charge on any atom is 0.243 e. The van der Waals surface area contributed by atoms with Crippen molar-refractivity contribution in [3.8, 4) is 0 Å². The minimum absolute atomic E-state index is 0.140. The Morgan fingerprint density at radius 3 is 2.45 bits per heavy atom. The molecule has 1 N–H and O–H groups in total. The molecule has 0 unspecified atom stereocenters. The van der Waals surface area contributed by atoms with E-state index in [0.717, 1.165) is 13.1 Å². The Morgan fingerprint density at radius 1 is 1.15 bits per heavy atom. The van der Waals surface area contributed by atoms with Gasteiger partial charge < -0.3 is 5.11 Å². The molecule has 20 heavy (non-hydrogen) atoms. The molecule has 110 valence electrons. The Kier molecular flexibility index (Phi) is 3.81. The van der Waals surface area contributed by atoms with Gasteiger partial charge in [-0.25, -0.2) is 8.42 Å². The van der Waals surface area contributed by atoms with Gasteiger partial charge in [-0.1, -0.05) is 12.1 Å². The highest BCUT2D eigenvalue weighted by Gasteiger charge is 2.34. The molecule has 1 saturated carbocycles. The highest BCUT2D eigenvalue weighted by atomic mass is 32.2. The Bertz CT molecular complexity index is 576. The molecule has 0 amide bonds. The number of aliphatic hydroxyl groups excluding tert-OH is 1. The standard InChI is InChI=1S/C14H20N2O3S/c17-11-12-2-1-3-14(10-12)20(18,19)16-8-6-15(7-9-16)13-4-5-13/h1-3,10,13,17H,4-9,11H2. The van der Waals surface area contributed by atoms with Crippen LogP contribution in [0.5, 0.6) is 0 Å². The number of benzene rings is 1. The van der Waals surface area contributed by atoms with Crippen LogP contribution in [0.25, 0.3) is 0 Å². The number of aliphatic hydroxyl groups is 1. The number of rotatable bonds is 4. The van der Waals surface area contributed by atoms with Crippen molar-refractivity contribution < 1.29 is 13.5 Å². The Hall–Kier alpha value is -0.950. The molecular formula is C14H20N2O3S. The third-order valence-corrected chi connectivity index (χ3v) is 5.95. The van der Waals surface area contributed by atoms with Crippen molar-refractivity contribution in [1.82, 2.24) is 9.21 Å². The SMILES string of the molecule is O=S(=O)(c1cccc(CO)c1)N1CCN(C2CC2)CC1. The third-order valence-electron chi connectivity index (χ3n) is 4.06. The van der Waals surface area contributed by atoms with Crippen molar-refractivity contribution in [2.24, 2.45) is 0 Å². The van der Waals surface area contributed by atoms with Crippen molar-refractivity contribution >= 4 is 10.0 Å². The second-order valence-electron chi connectivity index (χ2n) is 5.48. The second-order valence-corrected chi connectivity index (χ2v) is 7.41. The summed E-state index contributed by atoms with van der Waals surface area (Å²) in [5.74, 6) is 0. The summed E-state index contributed by atoms with van der Waals surface area (Å²) in [5, 5.41) is 9.13. The highest BCUT2D eigenvalue weighted by Crippen LogP contribution is 2.28. The zero-order chi connectivity index (χ0) is 14.2. The van der Waals surface area contributed by atoms with Gasteiger partial charge in [-0.05, 0) is 30.5 Å². The molecule has 6 heteroatoms. The predicted octanol–water partition coefficient (Wildman–Crippen LogP) is 0.648. The van der Waals surface area contributed by atoms with Crippen LogP contribution in [-0.2, 0) is 16.6 Å². The summed E-state index contributed by atoms with van der Waals surface area (Å²) < 4.78 is 26.7. The van der Waals surface area contributed by atoms with E-state index in [0.29, 0.717) is 24.7 Å². The lowest BCUT2D eigenvalue weighted by molar-refractivity contribution is 0.180. The second kappa shape index (κ2) is 5.44. The van der Waals surface area contributed by atoms with Crippen LogP contribution in [0.2, 0.25) is 0 Å². The van der Waals surface area contributed by atoms with E-state index in [1.54, 1.807) is 28.6 Å². The number of sulfonamides is 1. The van der Waals surface area contributed by atoms with E-state index in [1.165, 1.54) is 12.8 Å². The van der Waals surface area contributed by atoms with Crippen LogP contribution >= 0.6 is 0 Å². The lowest BCUT2D eigenvalue weighted by atomic mass is 10.2. The first-order chi connectivity index (χ1) is 9.61. The summed E-state index contributed by atoms with van der Waals surface area (Å²) in [7, 11) is -3.43. The molecule has 3 rings (SSSR count). The molecule has 1 saturated heterocycles. The first kappa shape index (κ1) is 14.0. The molecule has 5 nitrogen and oxygen atoms in total. The maximum absolute atomic E-state index is 12.6. The Balaban J connectivity index is 1.74.